The van der Waals surface area contributed by atoms with Crippen LogP contribution in [-0.2, 0) is 16.8 Å². The fraction of sp³-hybridized carbons (Fsp3) is 0.867. The van der Waals surface area contributed by atoms with Gasteiger partial charge in [0.1, 0.15) is 5.60 Å². The molecule has 0 amide bonds. The summed E-state index contributed by atoms with van der Waals surface area (Å²) in [7, 11) is 0. The van der Waals surface area contributed by atoms with Crippen LogP contribution in [0.2, 0.25) is 0 Å². The molecule has 114 valence electrons. The summed E-state index contributed by atoms with van der Waals surface area (Å²) in [5.74, 6) is 1.42. The Hall–Kier alpha value is -0.940. The molecule has 2 heterocycles. The minimum atomic E-state index is -0.363. The van der Waals surface area contributed by atoms with Gasteiger partial charge in [0.25, 0.3) is 0 Å². The molecule has 5 nitrogen and oxygen atoms in total. The molecule has 1 N–H and O–H groups in total. The first-order valence-electron chi connectivity index (χ1n) is 7.88. The van der Waals surface area contributed by atoms with Gasteiger partial charge >= 0.3 is 0 Å². The van der Waals surface area contributed by atoms with Crippen molar-refractivity contribution in [1.82, 2.24) is 15.5 Å². The highest BCUT2D eigenvalue weighted by molar-refractivity contribution is 5.01. The summed E-state index contributed by atoms with van der Waals surface area (Å²) in [6.07, 6.45) is 6.33. The fourth-order valence-corrected chi connectivity index (χ4v) is 2.79. The van der Waals surface area contributed by atoms with Gasteiger partial charge in [0, 0.05) is 19.1 Å². The van der Waals surface area contributed by atoms with Crippen LogP contribution >= 0.6 is 0 Å². The number of hydrogen-bond acceptors (Lipinski definition) is 5. The van der Waals surface area contributed by atoms with Crippen molar-refractivity contribution >= 4 is 0 Å². The van der Waals surface area contributed by atoms with Gasteiger partial charge in [-0.15, -0.1) is 0 Å². The van der Waals surface area contributed by atoms with Gasteiger partial charge in [-0.05, 0) is 39.2 Å². The number of aromatic nitrogens is 2. The van der Waals surface area contributed by atoms with E-state index in [0.29, 0.717) is 11.9 Å². The molecule has 2 unspecified atom stereocenters. The van der Waals surface area contributed by atoms with E-state index in [0.717, 1.165) is 57.6 Å². The van der Waals surface area contributed by atoms with Crippen molar-refractivity contribution in [2.45, 2.75) is 70.9 Å². The van der Waals surface area contributed by atoms with Gasteiger partial charge in [0.05, 0.1) is 0 Å². The second kappa shape index (κ2) is 7.18. The number of rotatable bonds is 7. The maximum atomic E-state index is 5.86. The minimum Gasteiger partial charge on any atom is -0.367 e. The summed E-state index contributed by atoms with van der Waals surface area (Å²) in [6, 6.07) is 0.415. The number of nitrogens with zero attached hydrogens (tertiary/aromatic N) is 2. The lowest BCUT2D eigenvalue weighted by Gasteiger charge is -2.30. The number of likely N-dealkylation sites (N-methyl/N-ethyl adjacent to an activating group) is 1. The van der Waals surface area contributed by atoms with Crippen LogP contribution < -0.4 is 5.32 Å². The van der Waals surface area contributed by atoms with Gasteiger partial charge in [-0.1, -0.05) is 25.4 Å². The molecule has 2 rings (SSSR count). The van der Waals surface area contributed by atoms with Crippen LogP contribution in [0.1, 0.15) is 64.6 Å². The maximum Gasteiger partial charge on any atom is 0.228 e. The third-order valence-corrected chi connectivity index (χ3v) is 3.96. The Morgan fingerprint density at radius 1 is 1.35 bits per heavy atom. The van der Waals surface area contributed by atoms with E-state index in [1.165, 1.54) is 0 Å². The first-order valence-corrected chi connectivity index (χ1v) is 7.88. The summed E-state index contributed by atoms with van der Waals surface area (Å²) >= 11 is 0. The Labute approximate surface area is 121 Å². The van der Waals surface area contributed by atoms with Crippen LogP contribution in [-0.4, -0.2) is 29.3 Å². The second-order valence-electron chi connectivity index (χ2n) is 5.80. The molecule has 0 radical (unpaired) electrons. The molecule has 20 heavy (non-hydrogen) atoms. The average Bonchev–Trinajstić information content (AvgIpc) is 2.89. The Bertz CT molecular complexity index is 394. The fourth-order valence-electron chi connectivity index (χ4n) is 2.79. The molecule has 1 aromatic rings. The lowest BCUT2D eigenvalue weighted by Crippen LogP contribution is -2.32. The molecule has 1 aliphatic rings. The predicted molar refractivity (Wildman–Crippen MR) is 77.5 cm³/mol. The molecule has 2 atom stereocenters. The predicted octanol–water partition coefficient (Wildman–Crippen LogP) is 2.81. The van der Waals surface area contributed by atoms with Crippen molar-refractivity contribution in [3.63, 3.8) is 0 Å². The van der Waals surface area contributed by atoms with Crippen LogP contribution in [0.3, 0.4) is 0 Å². The SMILES string of the molecule is CCCC(Cc1nc(C2(C)CCCCO2)no1)NCC. The molecule has 0 aliphatic carbocycles. The van der Waals surface area contributed by atoms with Crippen LogP contribution in [0.4, 0.5) is 0 Å². The van der Waals surface area contributed by atoms with Crippen LogP contribution in [0.5, 0.6) is 0 Å². The lowest BCUT2D eigenvalue weighted by atomic mass is 9.95. The molecule has 5 heteroatoms. The highest BCUT2D eigenvalue weighted by atomic mass is 16.5. The standard InChI is InChI=1S/C15H27N3O2/c1-4-8-12(16-5-2)11-13-17-14(18-20-13)15(3)9-6-7-10-19-15/h12,16H,4-11H2,1-3H3. The van der Waals surface area contributed by atoms with Crippen molar-refractivity contribution in [2.75, 3.05) is 13.2 Å². The van der Waals surface area contributed by atoms with Gasteiger partial charge in [0.2, 0.25) is 11.7 Å². The van der Waals surface area contributed by atoms with Crippen molar-refractivity contribution in [2.24, 2.45) is 0 Å². The van der Waals surface area contributed by atoms with Gasteiger partial charge in [-0.2, -0.15) is 4.98 Å². The smallest absolute Gasteiger partial charge is 0.228 e. The number of ether oxygens (including phenoxy) is 1. The van der Waals surface area contributed by atoms with Crippen LogP contribution in [0.15, 0.2) is 4.52 Å². The van der Waals surface area contributed by atoms with E-state index < -0.39 is 0 Å². The molecular formula is C15H27N3O2. The molecule has 0 saturated carbocycles. The third kappa shape index (κ3) is 3.79. The monoisotopic (exact) mass is 281 g/mol. The first kappa shape index (κ1) is 15.4. The topological polar surface area (TPSA) is 60.2 Å². The zero-order valence-corrected chi connectivity index (χ0v) is 12.9. The van der Waals surface area contributed by atoms with E-state index in [1.807, 2.05) is 0 Å². The van der Waals surface area contributed by atoms with E-state index in [9.17, 15) is 0 Å². The van der Waals surface area contributed by atoms with E-state index in [1.54, 1.807) is 0 Å². The van der Waals surface area contributed by atoms with Gasteiger partial charge in [0.15, 0.2) is 0 Å². The Balaban J connectivity index is 2.00. The van der Waals surface area contributed by atoms with Gasteiger partial charge < -0.3 is 14.6 Å². The molecule has 1 saturated heterocycles. The van der Waals surface area contributed by atoms with E-state index in [4.69, 9.17) is 9.26 Å². The highest BCUT2D eigenvalue weighted by Gasteiger charge is 2.35. The highest BCUT2D eigenvalue weighted by Crippen LogP contribution is 2.32. The summed E-state index contributed by atoms with van der Waals surface area (Å²) in [6.45, 7) is 8.14. The van der Waals surface area contributed by atoms with Crippen molar-refractivity contribution in [3.05, 3.63) is 11.7 Å². The molecule has 1 fully saturated rings. The van der Waals surface area contributed by atoms with Crippen molar-refractivity contribution in [3.8, 4) is 0 Å². The van der Waals surface area contributed by atoms with Crippen molar-refractivity contribution < 1.29 is 9.26 Å². The Morgan fingerprint density at radius 2 is 2.20 bits per heavy atom. The largest absolute Gasteiger partial charge is 0.367 e. The number of nitrogens with one attached hydrogen (secondary N) is 1. The van der Waals surface area contributed by atoms with Gasteiger partial charge in [-0.25, -0.2) is 0 Å². The van der Waals surface area contributed by atoms with E-state index in [-0.39, 0.29) is 5.60 Å². The summed E-state index contributed by atoms with van der Waals surface area (Å²) < 4.78 is 11.3. The van der Waals surface area contributed by atoms with Crippen LogP contribution in [0, 0.1) is 0 Å². The molecule has 1 aromatic heterocycles. The zero-order valence-electron chi connectivity index (χ0n) is 12.9. The Kier molecular flexibility index (Phi) is 5.54. The molecular weight excluding hydrogens is 254 g/mol. The number of hydrogen-bond donors (Lipinski definition) is 1. The molecule has 1 aliphatic heterocycles. The summed E-state index contributed by atoms with van der Waals surface area (Å²) in [4.78, 5) is 4.57. The normalized spacial score (nSPS) is 24.8. The van der Waals surface area contributed by atoms with E-state index >= 15 is 0 Å². The van der Waals surface area contributed by atoms with Gasteiger partial charge in [-0.3, -0.25) is 0 Å². The molecule has 0 aromatic carbocycles. The van der Waals surface area contributed by atoms with Crippen molar-refractivity contribution in [1.29, 1.82) is 0 Å². The lowest BCUT2D eigenvalue weighted by molar-refractivity contribution is -0.0770. The first-order chi connectivity index (χ1) is 9.68. The van der Waals surface area contributed by atoms with Crippen LogP contribution in [0.25, 0.3) is 0 Å². The summed E-state index contributed by atoms with van der Waals surface area (Å²) in [5, 5.41) is 7.62. The quantitative estimate of drug-likeness (QED) is 0.832. The average molecular weight is 281 g/mol. The zero-order chi connectivity index (χ0) is 14.4. The Morgan fingerprint density at radius 3 is 2.85 bits per heavy atom. The summed E-state index contributed by atoms with van der Waals surface area (Å²) in [5.41, 5.74) is -0.363. The minimum absolute atomic E-state index is 0.363. The van der Waals surface area contributed by atoms with E-state index in [2.05, 4.69) is 36.2 Å². The second-order valence-corrected chi connectivity index (χ2v) is 5.80. The molecule has 0 bridgehead atoms. The maximum absolute atomic E-state index is 5.86. The molecule has 0 spiro atoms. The third-order valence-electron chi connectivity index (χ3n) is 3.96.